The number of rotatable bonds is 2. The zero-order chi connectivity index (χ0) is 9.68. The highest BCUT2D eigenvalue weighted by Crippen LogP contribution is 2.06. The van der Waals surface area contributed by atoms with Crippen LogP contribution in [0, 0.1) is 12.3 Å². The minimum absolute atomic E-state index is 0.270. The van der Waals surface area contributed by atoms with Crippen LogP contribution in [0.25, 0.3) is 0 Å². The first-order valence-electron chi connectivity index (χ1n) is 3.73. The second-order valence-corrected chi connectivity index (χ2v) is 2.47. The van der Waals surface area contributed by atoms with Crippen LogP contribution in [0.3, 0.4) is 0 Å². The van der Waals surface area contributed by atoms with Gasteiger partial charge in [-0.25, -0.2) is 4.79 Å². The molecule has 0 unspecified atom stereocenters. The summed E-state index contributed by atoms with van der Waals surface area (Å²) in [6, 6.07) is 3.06. The summed E-state index contributed by atoms with van der Waals surface area (Å²) in [6.45, 7) is 0.270. The van der Waals surface area contributed by atoms with E-state index in [2.05, 4.69) is 11.2 Å². The lowest BCUT2D eigenvalue weighted by atomic mass is 10.5. The lowest BCUT2D eigenvalue weighted by Gasteiger charge is -2.12. The van der Waals surface area contributed by atoms with Crippen molar-refractivity contribution in [2.24, 2.45) is 0 Å². The fourth-order valence-electron chi connectivity index (χ4n) is 0.759. The standard InChI is InChI=1S/C9H10N2O2/c1-3-6-11(2)9(12)10-8-5-4-7-13-8/h1,4-5,7H,6H2,2H3,(H,10,12). The van der Waals surface area contributed by atoms with Crippen LogP contribution < -0.4 is 5.32 Å². The highest BCUT2D eigenvalue weighted by molar-refractivity contribution is 5.87. The summed E-state index contributed by atoms with van der Waals surface area (Å²) in [6.07, 6.45) is 6.53. The first kappa shape index (κ1) is 9.20. The zero-order valence-corrected chi connectivity index (χ0v) is 7.28. The molecule has 4 heteroatoms. The number of nitrogens with zero attached hydrogens (tertiary/aromatic N) is 1. The number of carbonyl (C=O) groups excluding carboxylic acids is 1. The van der Waals surface area contributed by atoms with Crippen LogP contribution in [0.15, 0.2) is 22.8 Å². The van der Waals surface area contributed by atoms with Crippen LogP contribution in [0.5, 0.6) is 0 Å². The molecule has 1 aromatic heterocycles. The summed E-state index contributed by atoms with van der Waals surface area (Å²) < 4.78 is 4.92. The van der Waals surface area contributed by atoms with Crippen LogP contribution in [0.4, 0.5) is 10.7 Å². The van der Waals surface area contributed by atoms with Gasteiger partial charge in [-0.1, -0.05) is 5.92 Å². The van der Waals surface area contributed by atoms with E-state index in [0.717, 1.165) is 0 Å². The normalized spacial score (nSPS) is 8.92. The number of amides is 2. The number of nitrogens with one attached hydrogen (secondary N) is 1. The minimum Gasteiger partial charge on any atom is -0.449 e. The van der Waals surface area contributed by atoms with E-state index >= 15 is 0 Å². The molecule has 0 spiro atoms. The monoisotopic (exact) mass is 178 g/mol. The van der Waals surface area contributed by atoms with Gasteiger partial charge in [0.15, 0.2) is 0 Å². The minimum atomic E-state index is -0.284. The Morgan fingerprint density at radius 1 is 1.85 bits per heavy atom. The molecule has 68 valence electrons. The molecule has 1 rings (SSSR count). The van der Waals surface area contributed by atoms with Gasteiger partial charge in [-0.2, -0.15) is 0 Å². The van der Waals surface area contributed by atoms with Gasteiger partial charge in [0, 0.05) is 13.1 Å². The van der Waals surface area contributed by atoms with Crippen molar-refractivity contribution < 1.29 is 9.21 Å². The topological polar surface area (TPSA) is 45.5 Å². The zero-order valence-electron chi connectivity index (χ0n) is 7.28. The molecule has 13 heavy (non-hydrogen) atoms. The third-order valence-electron chi connectivity index (χ3n) is 1.43. The van der Waals surface area contributed by atoms with Crippen molar-refractivity contribution in [3.05, 3.63) is 18.4 Å². The van der Waals surface area contributed by atoms with E-state index < -0.39 is 0 Å². The molecule has 4 nitrogen and oxygen atoms in total. The lowest BCUT2D eigenvalue weighted by molar-refractivity contribution is 0.226. The van der Waals surface area contributed by atoms with Crippen molar-refractivity contribution >= 4 is 11.9 Å². The van der Waals surface area contributed by atoms with Crippen molar-refractivity contribution in [2.75, 3.05) is 18.9 Å². The Morgan fingerprint density at radius 3 is 3.15 bits per heavy atom. The quantitative estimate of drug-likeness (QED) is 0.695. The Hall–Kier alpha value is -1.89. The Balaban J connectivity index is 2.47. The predicted octanol–water partition coefficient (Wildman–Crippen LogP) is 1.38. The van der Waals surface area contributed by atoms with Crippen LogP contribution in [-0.2, 0) is 0 Å². The first-order chi connectivity index (χ1) is 6.24. The Labute approximate surface area is 76.5 Å². The van der Waals surface area contributed by atoms with Gasteiger partial charge >= 0.3 is 6.03 Å². The summed E-state index contributed by atoms with van der Waals surface area (Å²) in [5.74, 6) is 2.77. The van der Waals surface area contributed by atoms with Gasteiger partial charge in [-0.05, 0) is 6.07 Å². The van der Waals surface area contributed by atoms with Gasteiger partial charge in [0.05, 0.1) is 12.8 Å². The third-order valence-corrected chi connectivity index (χ3v) is 1.43. The summed E-state index contributed by atoms with van der Waals surface area (Å²) in [7, 11) is 1.61. The highest BCUT2D eigenvalue weighted by Gasteiger charge is 2.07. The SMILES string of the molecule is C#CCN(C)C(=O)Nc1ccco1. The number of urea groups is 1. The van der Waals surface area contributed by atoms with Crippen molar-refractivity contribution in [1.82, 2.24) is 4.90 Å². The molecule has 1 heterocycles. The van der Waals surface area contributed by atoms with E-state index in [0.29, 0.717) is 5.88 Å². The van der Waals surface area contributed by atoms with Crippen molar-refractivity contribution in [3.8, 4) is 12.3 Å². The Bertz CT molecular complexity index is 311. The molecule has 0 aliphatic carbocycles. The number of furan rings is 1. The van der Waals surface area contributed by atoms with Gasteiger partial charge in [-0.3, -0.25) is 5.32 Å². The number of anilines is 1. The molecule has 2 amide bonds. The fourth-order valence-corrected chi connectivity index (χ4v) is 0.759. The molecule has 1 aromatic rings. The molecule has 0 radical (unpaired) electrons. The van der Waals surface area contributed by atoms with E-state index in [-0.39, 0.29) is 12.6 Å². The molecular formula is C9H10N2O2. The molecular weight excluding hydrogens is 168 g/mol. The molecule has 0 aromatic carbocycles. The molecule has 1 N–H and O–H groups in total. The van der Waals surface area contributed by atoms with E-state index in [1.54, 1.807) is 19.2 Å². The maximum absolute atomic E-state index is 11.3. The van der Waals surface area contributed by atoms with Gasteiger partial charge in [0.1, 0.15) is 0 Å². The van der Waals surface area contributed by atoms with Gasteiger partial charge < -0.3 is 9.32 Å². The maximum atomic E-state index is 11.3. The van der Waals surface area contributed by atoms with Crippen LogP contribution >= 0.6 is 0 Å². The largest absolute Gasteiger partial charge is 0.449 e. The van der Waals surface area contributed by atoms with Gasteiger partial charge in [-0.15, -0.1) is 6.42 Å². The van der Waals surface area contributed by atoms with Crippen LogP contribution in [0.1, 0.15) is 0 Å². The summed E-state index contributed by atoms with van der Waals surface area (Å²) >= 11 is 0. The average molecular weight is 178 g/mol. The lowest BCUT2D eigenvalue weighted by Crippen LogP contribution is -2.31. The van der Waals surface area contributed by atoms with E-state index in [4.69, 9.17) is 10.8 Å². The third kappa shape index (κ3) is 2.56. The van der Waals surface area contributed by atoms with E-state index in [1.165, 1.54) is 11.2 Å². The molecule has 0 bridgehead atoms. The van der Waals surface area contributed by atoms with E-state index in [9.17, 15) is 4.79 Å². The number of terminal acetylenes is 1. The first-order valence-corrected chi connectivity index (χ1v) is 3.73. The van der Waals surface area contributed by atoms with Crippen LogP contribution in [-0.4, -0.2) is 24.5 Å². The van der Waals surface area contributed by atoms with E-state index in [1.807, 2.05) is 0 Å². The summed E-state index contributed by atoms with van der Waals surface area (Å²) in [5, 5.41) is 2.53. The molecule has 0 saturated heterocycles. The predicted molar refractivity (Wildman–Crippen MR) is 49.2 cm³/mol. The summed E-state index contributed by atoms with van der Waals surface area (Å²) in [4.78, 5) is 12.6. The number of carbonyl (C=O) groups is 1. The number of hydrogen-bond acceptors (Lipinski definition) is 2. The van der Waals surface area contributed by atoms with Gasteiger partial charge in [0.2, 0.25) is 5.88 Å². The Kier molecular flexibility index (Phi) is 2.98. The van der Waals surface area contributed by atoms with Crippen molar-refractivity contribution in [1.29, 1.82) is 0 Å². The van der Waals surface area contributed by atoms with Gasteiger partial charge in [0.25, 0.3) is 0 Å². The second-order valence-electron chi connectivity index (χ2n) is 2.47. The summed E-state index contributed by atoms with van der Waals surface area (Å²) in [5.41, 5.74) is 0. The smallest absolute Gasteiger partial charge is 0.324 e. The second kappa shape index (κ2) is 4.21. The average Bonchev–Trinajstić information content (AvgIpc) is 2.57. The molecule has 0 atom stereocenters. The van der Waals surface area contributed by atoms with Crippen LogP contribution in [0.2, 0.25) is 0 Å². The Morgan fingerprint density at radius 2 is 2.62 bits per heavy atom. The van der Waals surface area contributed by atoms with Crippen molar-refractivity contribution in [3.63, 3.8) is 0 Å². The van der Waals surface area contributed by atoms with Crippen molar-refractivity contribution in [2.45, 2.75) is 0 Å². The fraction of sp³-hybridized carbons (Fsp3) is 0.222. The molecule has 0 aliphatic heterocycles. The maximum Gasteiger partial charge on any atom is 0.324 e. The molecule has 0 fully saturated rings. The number of hydrogen-bond donors (Lipinski definition) is 1. The molecule has 0 saturated carbocycles. The highest BCUT2D eigenvalue weighted by atomic mass is 16.3. The molecule has 0 aliphatic rings.